The monoisotopic (exact) mass is 395 g/mol. The molecule has 1 fully saturated rings. The first-order valence-electron chi connectivity index (χ1n) is 10.4. The largest absolute Gasteiger partial charge is 0.468 e. The smallest absolute Gasteiger partial charge is 0.191 e. The first kappa shape index (κ1) is 19.4. The molecule has 4 rings (SSSR count). The SMILES string of the molecule is CCNC(=NCC(c1ccco1)N1CCCC1)NCCc1nnc2ccccn12. The third-order valence-electron chi connectivity index (χ3n) is 5.24. The average molecular weight is 396 g/mol. The molecule has 0 radical (unpaired) electrons. The van der Waals surface area contributed by atoms with Gasteiger partial charge in [-0.1, -0.05) is 6.07 Å². The molecule has 0 spiro atoms. The molecule has 29 heavy (non-hydrogen) atoms. The number of pyridine rings is 1. The number of nitrogens with zero attached hydrogens (tertiary/aromatic N) is 5. The summed E-state index contributed by atoms with van der Waals surface area (Å²) in [5.74, 6) is 2.74. The van der Waals surface area contributed by atoms with Gasteiger partial charge in [-0.3, -0.25) is 14.3 Å². The molecule has 0 aromatic carbocycles. The first-order valence-corrected chi connectivity index (χ1v) is 10.4. The van der Waals surface area contributed by atoms with Crippen molar-refractivity contribution in [2.75, 3.05) is 32.7 Å². The lowest BCUT2D eigenvalue weighted by Crippen LogP contribution is -2.39. The van der Waals surface area contributed by atoms with Gasteiger partial charge in [0.25, 0.3) is 0 Å². The number of guanidine groups is 1. The second-order valence-electron chi connectivity index (χ2n) is 7.22. The normalized spacial score (nSPS) is 16.4. The molecule has 1 atom stereocenters. The Labute approximate surface area is 171 Å². The molecule has 0 aliphatic carbocycles. The molecule has 0 saturated carbocycles. The lowest BCUT2D eigenvalue weighted by molar-refractivity contribution is 0.221. The number of nitrogens with one attached hydrogen (secondary N) is 2. The maximum atomic E-state index is 5.70. The van der Waals surface area contributed by atoms with Crippen LogP contribution in [0.1, 0.15) is 37.4 Å². The topological polar surface area (TPSA) is 83.0 Å². The quantitative estimate of drug-likeness (QED) is 0.450. The van der Waals surface area contributed by atoms with Gasteiger partial charge in [0.15, 0.2) is 11.6 Å². The van der Waals surface area contributed by atoms with E-state index in [1.54, 1.807) is 6.26 Å². The molecule has 2 N–H and O–H groups in total. The highest BCUT2D eigenvalue weighted by Crippen LogP contribution is 2.25. The third-order valence-corrected chi connectivity index (χ3v) is 5.24. The van der Waals surface area contributed by atoms with Gasteiger partial charge in [0.05, 0.1) is 18.8 Å². The summed E-state index contributed by atoms with van der Waals surface area (Å²) in [6.45, 7) is 6.49. The van der Waals surface area contributed by atoms with E-state index in [1.165, 1.54) is 12.8 Å². The minimum atomic E-state index is 0.184. The number of aromatic nitrogens is 3. The van der Waals surface area contributed by atoms with Crippen LogP contribution in [-0.2, 0) is 6.42 Å². The minimum absolute atomic E-state index is 0.184. The van der Waals surface area contributed by atoms with Crippen LogP contribution in [0.3, 0.4) is 0 Å². The zero-order valence-corrected chi connectivity index (χ0v) is 16.9. The van der Waals surface area contributed by atoms with Crippen molar-refractivity contribution in [1.29, 1.82) is 0 Å². The Bertz CT molecular complexity index is 912. The summed E-state index contributed by atoms with van der Waals surface area (Å²) in [6.07, 6.45) is 6.99. The van der Waals surface area contributed by atoms with Gasteiger partial charge >= 0.3 is 0 Å². The Hall–Kier alpha value is -2.87. The number of furan rings is 1. The van der Waals surface area contributed by atoms with Gasteiger partial charge in [0.1, 0.15) is 11.6 Å². The Morgan fingerprint density at radius 2 is 2.07 bits per heavy atom. The Morgan fingerprint density at radius 1 is 1.17 bits per heavy atom. The minimum Gasteiger partial charge on any atom is -0.468 e. The number of hydrogen-bond donors (Lipinski definition) is 2. The number of rotatable bonds is 8. The standard InChI is InChI=1S/C21H29N7O/c1-2-22-21(23-11-10-20-26-25-19-9-3-4-14-28(19)20)24-16-17(18-8-7-15-29-18)27-12-5-6-13-27/h3-4,7-9,14-15,17H,2,5-6,10-13,16H2,1H3,(H2,22,23,24). The summed E-state index contributed by atoms with van der Waals surface area (Å²) in [7, 11) is 0. The fourth-order valence-electron chi connectivity index (χ4n) is 3.79. The lowest BCUT2D eigenvalue weighted by Gasteiger charge is -2.24. The van der Waals surface area contributed by atoms with E-state index < -0.39 is 0 Å². The molecule has 3 aromatic heterocycles. The molecule has 0 amide bonds. The molecule has 3 aromatic rings. The van der Waals surface area contributed by atoms with Gasteiger partial charge in [-0.15, -0.1) is 10.2 Å². The molecule has 1 aliphatic heterocycles. The first-order chi connectivity index (χ1) is 14.3. The molecule has 8 heteroatoms. The fraction of sp³-hybridized carbons (Fsp3) is 0.476. The van der Waals surface area contributed by atoms with E-state index in [1.807, 2.05) is 34.9 Å². The highest BCUT2D eigenvalue weighted by Gasteiger charge is 2.25. The van der Waals surface area contributed by atoms with E-state index in [2.05, 4.69) is 38.7 Å². The third kappa shape index (κ3) is 4.76. The summed E-state index contributed by atoms with van der Waals surface area (Å²) in [6, 6.07) is 10.1. The summed E-state index contributed by atoms with van der Waals surface area (Å²) in [4.78, 5) is 7.31. The summed E-state index contributed by atoms with van der Waals surface area (Å²) in [5.41, 5.74) is 0.870. The van der Waals surface area contributed by atoms with E-state index >= 15 is 0 Å². The highest BCUT2D eigenvalue weighted by atomic mass is 16.3. The van der Waals surface area contributed by atoms with E-state index in [4.69, 9.17) is 9.41 Å². The van der Waals surface area contributed by atoms with Crippen molar-refractivity contribution in [3.05, 3.63) is 54.4 Å². The molecule has 0 bridgehead atoms. The van der Waals surface area contributed by atoms with Crippen LogP contribution in [0.15, 0.2) is 52.2 Å². The van der Waals surface area contributed by atoms with Crippen LogP contribution in [0.5, 0.6) is 0 Å². The van der Waals surface area contributed by atoms with Crippen molar-refractivity contribution in [3.8, 4) is 0 Å². The van der Waals surface area contributed by atoms with E-state index in [0.29, 0.717) is 6.54 Å². The van der Waals surface area contributed by atoms with Gasteiger partial charge in [-0.05, 0) is 57.1 Å². The highest BCUT2D eigenvalue weighted by molar-refractivity contribution is 5.79. The van der Waals surface area contributed by atoms with Crippen molar-refractivity contribution >= 4 is 11.6 Å². The van der Waals surface area contributed by atoms with Crippen molar-refractivity contribution in [3.63, 3.8) is 0 Å². The number of hydrogen-bond acceptors (Lipinski definition) is 5. The number of aliphatic imine (C=N–C) groups is 1. The van der Waals surface area contributed by atoms with Gasteiger partial charge in [0.2, 0.25) is 0 Å². The van der Waals surface area contributed by atoms with E-state index in [9.17, 15) is 0 Å². The van der Waals surface area contributed by atoms with E-state index in [-0.39, 0.29) is 6.04 Å². The van der Waals surface area contributed by atoms with Crippen molar-refractivity contribution in [2.45, 2.75) is 32.2 Å². The molecule has 154 valence electrons. The van der Waals surface area contributed by atoms with Gasteiger partial charge in [-0.2, -0.15) is 0 Å². The van der Waals surface area contributed by atoms with E-state index in [0.717, 1.165) is 55.8 Å². The molecule has 1 aliphatic rings. The molecule has 4 heterocycles. The Kier molecular flexibility index (Phi) is 6.41. The molecule has 8 nitrogen and oxygen atoms in total. The Balaban J connectivity index is 1.38. The number of likely N-dealkylation sites (tertiary alicyclic amines) is 1. The van der Waals surface area contributed by atoms with Crippen LogP contribution in [0, 0.1) is 0 Å². The predicted molar refractivity (Wildman–Crippen MR) is 113 cm³/mol. The van der Waals surface area contributed by atoms with Crippen LogP contribution in [0.4, 0.5) is 0 Å². The summed E-state index contributed by atoms with van der Waals surface area (Å²) in [5, 5.41) is 15.3. The van der Waals surface area contributed by atoms with Crippen LogP contribution >= 0.6 is 0 Å². The van der Waals surface area contributed by atoms with Crippen LogP contribution in [0.25, 0.3) is 5.65 Å². The van der Waals surface area contributed by atoms with Gasteiger partial charge < -0.3 is 15.1 Å². The molecule has 1 unspecified atom stereocenters. The maximum Gasteiger partial charge on any atom is 0.191 e. The fourth-order valence-corrected chi connectivity index (χ4v) is 3.79. The number of fused-ring (bicyclic) bond motifs is 1. The zero-order chi connectivity index (χ0) is 19.9. The molecular weight excluding hydrogens is 366 g/mol. The second kappa shape index (κ2) is 9.56. The molecule has 1 saturated heterocycles. The van der Waals surface area contributed by atoms with Crippen LogP contribution < -0.4 is 10.6 Å². The van der Waals surface area contributed by atoms with Crippen molar-refractivity contribution in [2.24, 2.45) is 4.99 Å². The van der Waals surface area contributed by atoms with Crippen LogP contribution in [0.2, 0.25) is 0 Å². The summed E-state index contributed by atoms with van der Waals surface area (Å²) >= 11 is 0. The van der Waals surface area contributed by atoms with Gasteiger partial charge in [0, 0.05) is 25.7 Å². The van der Waals surface area contributed by atoms with Crippen LogP contribution in [-0.4, -0.2) is 58.2 Å². The maximum absolute atomic E-state index is 5.70. The Morgan fingerprint density at radius 3 is 2.86 bits per heavy atom. The lowest BCUT2D eigenvalue weighted by atomic mass is 10.2. The zero-order valence-electron chi connectivity index (χ0n) is 16.9. The second-order valence-corrected chi connectivity index (χ2v) is 7.22. The predicted octanol–water partition coefficient (Wildman–Crippen LogP) is 2.26. The summed E-state index contributed by atoms with van der Waals surface area (Å²) < 4.78 is 7.72. The molecular formula is C21H29N7O. The average Bonchev–Trinajstić information content (AvgIpc) is 3.51. The van der Waals surface area contributed by atoms with Crippen molar-refractivity contribution < 1.29 is 4.42 Å². The van der Waals surface area contributed by atoms with Gasteiger partial charge in [-0.25, -0.2) is 0 Å². The van der Waals surface area contributed by atoms with Crippen molar-refractivity contribution in [1.82, 2.24) is 30.1 Å².